The van der Waals surface area contributed by atoms with Gasteiger partial charge in [0.1, 0.15) is 18.1 Å². The van der Waals surface area contributed by atoms with E-state index in [0.29, 0.717) is 11.1 Å². The molecule has 0 spiro atoms. The number of phenolic OH excluding ortho intramolecular Hbond substituents is 1. The maximum absolute atomic E-state index is 12.8. The fourth-order valence-electron chi connectivity index (χ4n) is 2.94. The van der Waals surface area contributed by atoms with Crippen molar-refractivity contribution < 1.29 is 20.1 Å². The fourth-order valence-corrected chi connectivity index (χ4v) is 2.94. The third kappa shape index (κ3) is 3.37. The number of hydrogen-bond donors (Lipinski definition) is 3. The first-order valence-corrected chi connectivity index (χ1v) is 7.95. The molecule has 1 fully saturated rings. The number of phenols is 1. The van der Waals surface area contributed by atoms with Gasteiger partial charge in [0.15, 0.2) is 0 Å². The van der Waals surface area contributed by atoms with Gasteiger partial charge in [0.05, 0.1) is 19.3 Å². The lowest BCUT2D eigenvalue weighted by atomic mass is 10.2. The highest BCUT2D eigenvalue weighted by Crippen LogP contribution is 2.27. The van der Waals surface area contributed by atoms with E-state index < -0.39 is 29.7 Å². The first-order valence-electron chi connectivity index (χ1n) is 7.95. The quantitative estimate of drug-likeness (QED) is 0.700. The van der Waals surface area contributed by atoms with E-state index in [4.69, 9.17) is 4.74 Å². The molecule has 134 valence electrons. The van der Waals surface area contributed by atoms with E-state index in [1.807, 2.05) is 0 Å². The highest BCUT2D eigenvalue weighted by molar-refractivity contribution is 5.26. The van der Waals surface area contributed by atoms with E-state index in [1.165, 1.54) is 22.9 Å². The molecule has 1 aliphatic rings. The van der Waals surface area contributed by atoms with E-state index in [2.05, 4.69) is 0 Å². The predicted molar refractivity (Wildman–Crippen MR) is 88.5 cm³/mol. The second-order valence-corrected chi connectivity index (χ2v) is 6.17. The number of aromatic nitrogens is 2. The summed E-state index contributed by atoms with van der Waals surface area (Å²) in [5.41, 5.74) is 0.0877. The van der Waals surface area contributed by atoms with Crippen molar-refractivity contribution in [2.24, 2.45) is 0 Å². The Bertz CT molecular complexity index is 870. The topological polar surface area (TPSA) is 114 Å². The first-order chi connectivity index (χ1) is 11.9. The van der Waals surface area contributed by atoms with Crippen molar-refractivity contribution in [1.29, 1.82) is 0 Å². The van der Waals surface area contributed by atoms with Crippen LogP contribution in [0.25, 0.3) is 0 Å². The Balaban J connectivity index is 1.99. The Morgan fingerprint density at radius 3 is 2.52 bits per heavy atom. The fraction of sp³-hybridized carbons (Fsp3) is 0.412. The van der Waals surface area contributed by atoms with E-state index in [0.717, 1.165) is 4.57 Å². The van der Waals surface area contributed by atoms with E-state index in [-0.39, 0.29) is 25.3 Å². The van der Waals surface area contributed by atoms with Crippen LogP contribution in [0.15, 0.2) is 40.1 Å². The average Bonchev–Trinajstić information content (AvgIpc) is 2.97. The number of ether oxygens (including phenoxy) is 1. The molecule has 3 atom stereocenters. The van der Waals surface area contributed by atoms with Crippen LogP contribution in [0.1, 0.15) is 23.8 Å². The molecule has 2 aromatic rings. The normalized spacial score (nSPS) is 23.1. The summed E-state index contributed by atoms with van der Waals surface area (Å²) in [5, 5.41) is 28.4. The van der Waals surface area contributed by atoms with Crippen LogP contribution >= 0.6 is 0 Å². The highest BCUT2D eigenvalue weighted by atomic mass is 16.5. The number of hydrogen-bond acceptors (Lipinski definition) is 6. The Kier molecular flexibility index (Phi) is 4.76. The van der Waals surface area contributed by atoms with Crippen molar-refractivity contribution in [3.8, 4) is 5.75 Å². The van der Waals surface area contributed by atoms with Gasteiger partial charge in [-0.3, -0.25) is 13.9 Å². The van der Waals surface area contributed by atoms with Crippen LogP contribution in [-0.2, 0) is 11.3 Å². The standard InChI is InChI=1S/C17H20N2O6/c1-10-7-18(15-6-13(22)14(9-20)25-15)17(24)19(16(10)23)8-11-2-4-12(21)5-3-11/h2-5,7,13-15,20-22H,6,8-9H2,1H3. The molecule has 8 heteroatoms. The number of rotatable bonds is 4. The number of benzene rings is 1. The van der Waals surface area contributed by atoms with E-state index in [9.17, 15) is 24.9 Å². The van der Waals surface area contributed by atoms with Crippen molar-refractivity contribution in [3.05, 3.63) is 62.4 Å². The molecule has 3 N–H and O–H groups in total. The number of aliphatic hydroxyl groups is 2. The zero-order valence-electron chi connectivity index (χ0n) is 13.7. The molecule has 1 aromatic carbocycles. The van der Waals surface area contributed by atoms with Gasteiger partial charge >= 0.3 is 5.69 Å². The van der Waals surface area contributed by atoms with Crippen molar-refractivity contribution >= 4 is 0 Å². The average molecular weight is 348 g/mol. The Labute approximate surface area is 143 Å². The summed E-state index contributed by atoms with van der Waals surface area (Å²) in [6.45, 7) is 1.30. The predicted octanol–water partition coefficient (Wildman–Crippen LogP) is -0.287. The largest absolute Gasteiger partial charge is 0.508 e. The molecule has 0 amide bonds. The summed E-state index contributed by atoms with van der Waals surface area (Å²) < 4.78 is 7.88. The zero-order chi connectivity index (χ0) is 18.1. The van der Waals surface area contributed by atoms with E-state index >= 15 is 0 Å². The summed E-state index contributed by atoms with van der Waals surface area (Å²) in [7, 11) is 0. The van der Waals surface area contributed by atoms with Crippen LogP contribution in [0.5, 0.6) is 5.75 Å². The molecule has 25 heavy (non-hydrogen) atoms. The Morgan fingerprint density at radius 1 is 1.24 bits per heavy atom. The third-order valence-electron chi connectivity index (χ3n) is 4.34. The lowest BCUT2D eigenvalue weighted by molar-refractivity contribution is -0.0463. The minimum Gasteiger partial charge on any atom is -0.508 e. The third-order valence-corrected chi connectivity index (χ3v) is 4.34. The minimum absolute atomic E-state index is 0.0539. The maximum Gasteiger partial charge on any atom is 0.333 e. The van der Waals surface area contributed by atoms with Crippen LogP contribution in [0.2, 0.25) is 0 Å². The molecule has 1 saturated heterocycles. The summed E-state index contributed by atoms with van der Waals surface area (Å²) >= 11 is 0. The van der Waals surface area contributed by atoms with Crippen molar-refractivity contribution in [2.75, 3.05) is 6.61 Å². The summed E-state index contributed by atoms with van der Waals surface area (Å²) in [6, 6.07) is 6.23. The molecule has 0 radical (unpaired) electrons. The van der Waals surface area contributed by atoms with Gasteiger partial charge in [-0.2, -0.15) is 0 Å². The van der Waals surface area contributed by atoms with Gasteiger partial charge in [0.2, 0.25) is 0 Å². The Hall–Kier alpha value is -2.42. The monoisotopic (exact) mass is 348 g/mol. The maximum atomic E-state index is 12.8. The van der Waals surface area contributed by atoms with Crippen molar-refractivity contribution in [2.45, 2.75) is 38.3 Å². The molecule has 8 nitrogen and oxygen atoms in total. The molecule has 0 aliphatic carbocycles. The molecular weight excluding hydrogens is 328 g/mol. The summed E-state index contributed by atoms with van der Waals surface area (Å²) in [6.07, 6.45) is -0.809. The van der Waals surface area contributed by atoms with Crippen molar-refractivity contribution in [1.82, 2.24) is 9.13 Å². The Morgan fingerprint density at radius 2 is 1.92 bits per heavy atom. The molecule has 3 unspecified atom stereocenters. The van der Waals surface area contributed by atoms with Crippen LogP contribution in [0.3, 0.4) is 0 Å². The van der Waals surface area contributed by atoms with Crippen LogP contribution in [0.4, 0.5) is 0 Å². The van der Waals surface area contributed by atoms with Crippen LogP contribution in [0, 0.1) is 6.92 Å². The molecule has 3 rings (SSSR count). The van der Waals surface area contributed by atoms with Gasteiger partial charge in [0.25, 0.3) is 5.56 Å². The van der Waals surface area contributed by atoms with Crippen LogP contribution in [-0.4, -0.2) is 43.3 Å². The first kappa shape index (κ1) is 17.4. The van der Waals surface area contributed by atoms with Gasteiger partial charge < -0.3 is 20.1 Å². The van der Waals surface area contributed by atoms with Gasteiger partial charge in [-0.05, 0) is 24.6 Å². The summed E-state index contributed by atoms with van der Waals surface area (Å²) in [5.74, 6) is 0.0983. The van der Waals surface area contributed by atoms with Gasteiger partial charge in [-0.15, -0.1) is 0 Å². The lowest BCUT2D eigenvalue weighted by Gasteiger charge is -2.17. The highest BCUT2D eigenvalue weighted by Gasteiger charge is 2.35. The second-order valence-electron chi connectivity index (χ2n) is 6.17. The number of nitrogens with zero attached hydrogens (tertiary/aromatic N) is 2. The number of aromatic hydroxyl groups is 1. The van der Waals surface area contributed by atoms with Gasteiger partial charge in [0, 0.05) is 18.2 Å². The molecule has 2 heterocycles. The molecule has 0 bridgehead atoms. The minimum atomic E-state index is -0.875. The molecule has 1 aromatic heterocycles. The second kappa shape index (κ2) is 6.83. The lowest BCUT2D eigenvalue weighted by Crippen LogP contribution is -2.42. The van der Waals surface area contributed by atoms with Gasteiger partial charge in [-0.25, -0.2) is 4.79 Å². The van der Waals surface area contributed by atoms with Crippen molar-refractivity contribution in [3.63, 3.8) is 0 Å². The number of aliphatic hydroxyl groups excluding tert-OH is 2. The zero-order valence-corrected chi connectivity index (χ0v) is 13.7. The molecular formula is C17H20N2O6. The molecule has 1 aliphatic heterocycles. The molecule has 0 saturated carbocycles. The SMILES string of the molecule is Cc1cn(C2CC(O)C(CO)O2)c(=O)n(Cc2ccc(O)cc2)c1=O. The number of aryl methyl sites for hydroxylation is 1. The van der Waals surface area contributed by atoms with E-state index in [1.54, 1.807) is 19.1 Å². The van der Waals surface area contributed by atoms with Crippen LogP contribution < -0.4 is 11.2 Å². The van der Waals surface area contributed by atoms with Gasteiger partial charge in [-0.1, -0.05) is 12.1 Å². The summed E-state index contributed by atoms with van der Waals surface area (Å²) in [4.78, 5) is 25.1. The smallest absolute Gasteiger partial charge is 0.333 e.